The Morgan fingerprint density at radius 3 is 1.47 bits per heavy atom. The number of hydrogen-bond acceptors (Lipinski definition) is 4. The predicted octanol–water partition coefficient (Wildman–Crippen LogP) is 16.6. The van der Waals surface area contributed by atoms with E-state index in [1.54, 1.807) is 0 Å². The molecule has 1 aliphatic heterocycles. The molecule has 0 spiro atoms. The highest BCUT2D eigenvalue weighted by Gasteiger charge is 2.40. The zero-order chi connectivity index (χ0) is 43.2. The molecule has 8 aromatic rings. The summed E-state index contributed by atoms with van der Waals surface area (Å²) >= 11 is 3.86. The maximum atomic E-state index is 15.5. The van der Waals surface area contributed by atoms with Crippen LogP contribution in [-0.4, -0.2) is 11.8 Å². The summed E-state index contributed by atoms with van der Waals surface area (Å²) in [6.45, 7) is 12.9. The molecule has 0 saturated carbocycles. The van der Waals surface area contributed by atoms with Gasteiger partial charge >= 0.3 is 0 Å². The van der Waals surface area contributed by atoms with E-state index in [2.05, 4.69) is 112 Å². The number of ether oxygens (including phenoxy) is 2. The molecule has 1 aliphatic rings. The summed E-state index contributed by atoms with van der Waals surface area (Å²) < 4.78 is 15.0. The van der Waals surface area contributed by atoms with Gasteiger partial charge in [0.05, 0.1) is 16.8 Å². The fourth-order valence-corrected chi connectivity index (χ4v) is 10.0. The molecular weight excluding hydrogens is 831 g/mol. The van der Waals surface area contributed by atoms with E-state index in [4.69, 9.17) is 9.47 Å². The van der Waals surface area contributed by atoms with Crippen LogP contribution in [-0.2, 0) is 12.8 Å². The van der Waals surface area contributed by atoms with E-state index >= 15 is 9.59 Å². The van der Waals surface area contributed by atoms with Gasteiger partial charge in [-0.2, -0.15) is 0 Å². The minimum atomic E-state index is -0.363. The van der Waals surface area contributed by atoms with Gasteiger partial charge in [-0.25, -0.2) is 4.90 Å². The number of aryl methyl sites for hydroxylation is 2. The molecular formula is C56H54BrNO4. The van der Waals surface area contributed by atoms with Gasteiger partial charge < -0.3 is 9.47 Å². The number of imide groups is 1. The van der Waals surface area contributed by atoms with Crippen molar-refractivity contribution in [2.45, 2.75) is 105 Å². The van der Waals surface area contributed by atoms with Gasteiger partial charge in [0.2, 0.25) is 0 Å². The van der Waals surface area contributed by atoms with Crippen LogP contribution in [0.3, 0.4) is 0 Å². The van der Waals surface area contributed by atoms with E-state index in [9.17, 15) is 0 Å². The molecule has 0 atom stereocenters. The van der Waals surface area contributed by atoms with Gasteiger partial charge in [-0.1, -0.05) is 150 Å². The first kappa shape index (κ1) is 41.6. The van der Waals surface area contributed by atoms with E-state index in [-0.39, 0.29) is 23.7 Å². The van der Waals surface area contributed by atoms with Crippen molar-refractivity contribution in [2.24, 2.45) is 0 Å². The number of halogens is 1. The first-order valence-corrected chi connectivity index (χ1v) is 23.3. The van der Waals surface area contributed by atoms with Crippen molar-refractivity contribution in [1.82, 2.24) is 0 Å². The van der Waals surface area contributed by atoms with Crippen molar-refractivity contribution in [3.05, 3.63) is 147 Å². The highest BCUT2D eigenvalue weighted by Crippen LogP contribution is 2.53. The van der Waals surface area contributed by atoms with Crippen molar-refractivity contribution >= 4 is 76.5 Å². The number of carbonyl (C=O) groups is 2. The fraction of sp³-hybridized carbons (Fsp3) is 0.286. The quantitative estimate of drug-likeness (QED) is 0.0445. The summed E-state index contributed by atoms with van der Waals surface area (Å²) in [5, 5.41) is 7.11. The normalized spacial score (nSPS) is 13.0. The summed E-state index contributed by atoms with van der Waals surface area (Å²) in [6, 6.07) is 37.1. The molecule has 2 amide bonds. The lowest BCUT2D eigenvalue weighted by Crippen LogP contribution is -2.42. The third-order valence-corrected chi connectivity index (χ3v) is 13.4. The molecule has 0 unspecified atom stereocenters. The smallest absolute Gasteiger partial charge is 0.266 e. The molecule has 0 saturated heterocycles. The van der Waals surface area contributed by atoms with Crippen molar-refractivity contribution in [3.63, 3.8) is 0 Å². The first-order chi connectivity index (χ1) is 30.1. The van der Waals surface area contributed by atoms with Crippen LogP contribution in [0.15, 0.2) is 114 Å². The number of nitrogens with zero attached hydrogens (tertiary/aromatic N) is 1. The Hall–Kier alpha value is -5.72. The molecule has 62 heavy (non-hydrogen) atoms. The van der Waals surface area contributed by atoms with Gasteiger partial charge in [-0.05, 0) is 124 Å². The monoisotopic (exact) mass is 883 g/mol. The lowest BCUT2D eigenvalue weighted by atomic mass is 9.83. The molecule has 8 aromatic carbocycles. The lowest BCUT2D eigenvalue weighted by molar-refractivity contribution is 0.0892. The number of hydrogen-bond donors (Lipinski definition) is 0. The Morgan fingerprint density at radius 1 is 0.516 bits per heavy atom. The third kappa shape index (κ3) is 7.30. The van der Waals surface area contributed by atoms with Gasteiger partial charge in [0, 0.05) is 26.0 Å². The van der Waals surface area contributed by atoms with Crippen LogP contribution in [0.4, 0.5) is 5.69 Å². The molecule has 0 fully saturated rings. The van der Waals surface area contributed by atoms with Gasteiger partial charge in [-0.15, -0.1) is 0 Å². The molecule has 6 heteroatoms. The average Bonchev–Trinajstić information content (AvgIpc) is 3.27. The van der Waals surface area contributed by atoms with Gasteiger partial charge in [0.15, 0.2) is 0 Å². The molecule has 0 bridgehead atoms. The van der Waals surface area contributed by atoms with Crippen LogP contribution in [0.25, 0.3) is 43.1 Å². The van der Waals surface area contributed by atoms with Gasteiger partial charge in [0.1, 0.15) is 23.0 Å². The topological polar surface area (TPSA) is 55.8 Å². The Balaban J connectivity index is 1.34. The van der Waals surface area contributed by atoms with Gasteiger partial charge in [-0.3, -0.25) is 9.59 Å². The third-order valence-electron chi connectivity index (χ3n) is 12.7. The molecule has 314 valence electrons. The molecule has 0 radical (unpaired) electrons. The molecule has 1 heterocycles. The second-order valence-electron chi connectivity index (χ2n) is 17.6. The van der Waals surface area contributed by atoms with Crippen LogP contribution in [0.5, 0.6) is 23.0 Å². The number of unbranched alkanes of at least 4 members (excludes halogenated alkanes) is 4. The highest BCUT2D eigenvalue weighted by atomic mass is 79.9. The first-order valence-electron chi connectivity index (χ1n) is 22.5. The Bertz CT molecular complexity index is 2830. The SMILES string of the molecule is CCCCCc1ccc(Oc2cc3c4c(cc(Oc5ccc(CCCCC)cc5)c5c6ccc(Br)c7cccc(c2c45)c76)C(=O)N(c2c(C(C)C)cccc2C(C)C)C3=O)cc1. The second-order valence-corrected chi connectivity index (χ2v) is 18.5. The van der Waals surface area contributed by atoms with Crippen LogP contribution < -0.4 is 14.4 Å². The molecule has 9 rings (SSSR count). The zero-order valence-corrected chi connectivity index (χ0v) is 38.2. The summed E-state index contributed by atoms with van der Waals surface area (Å²) in [6.07, 6.45) is 9.04. The van der Waals surface area contributed by atoms with Crippen LogP contribution >= 0.6 is 15.9 Å². The summed E-state index contributed by atoms with van der Waals surface area (Å²) in [5.74, 6) is 1.85. The molecule has 0 aliphatic carbocycles. The van der Waals surface area contributed by atoms with Crippen LogP contribution in [0.2, 0.25) is 0 Å². The number of fused-ring (bicyclic) bond motifs is 2. The molecule has 0 aromatic heterocycles. The number of benzene rings is 8. The van der Waals surface area contributed by atoms with Crippen molar-refractivity contribution < 1.29 is 19.1 Å². The molecule has 0 N–H and O–H groups in total. The van der Waals surface area contributed by atoms with E-state index in [0.29, 0.717) is 45.2 Å². The van der Waals surface area contributed by atoms with Crippen molar-refractivity contribution in [2.75, 3.05) is 4.90 Å². The number of rotatable bonds is 15. The number of para-hydroxylation sites is 1. The standard InChI is InChI=1S/C56H54BrNO4/c1-7-9-11-15-35-21-25-37(26-22-35)61-47-31-44-50-45(56(60)58(55(44)59)54-39(33(3)4)17-13-18-40(54)34(5)6)32-48(62-38-27-23-36(24-28-38)16-12-10-8-2)52-43-29-30-46(57)41-19-14-20-42(49(41)43)51(47)53(50)52/h13-14,17-34H,7-12,15-16H2,1-6H3. The fourth-order valence-electron chi connectivity index (χ4n) is 9.57. The van der Waals surface area contributed by atoms with E-state index in [1.165, 1.54) is 41.7 Å². The van der Waals surface area contributed by atoms with Gasteiger partial charge in [0.25, 0.3) is 11.8 Å². The number of amides is 2. The summed E-state index contributed by atoms with van der Waals surface area (Å²) in [7, 11) is 0. The Morgan fingerprint density at radius 2 is 0.984 bits per heavy atom. The molecule has 5 nitrogen and oxygen atoms in total. The van der Waals surface area contributed by atoms with Crippen LogP contribution in [0, 0.1) is 0 Å². The predicted molar refractivity (Wildman–Crippen MR) is 261 cm³/mol. The lowest BCUT2D eigenvalue weighted by Gasteiger charge is -2.33. The number of anilines is 1. The minimum Gasteiger partial charge on any atom is -0.457 e. The summed E-state index contributed by atoms with van der Waals surface area (Å²) in [4.78, 5) is 32.4. The van der Waals surface area contributed by atoms with E-state index in [1.807, 2.05) is 54.6 Å². The Kier molecular flexibility index (Phi) is 11.6. The highest BCUT2D eigenvalue weighted by molar-refractivity contribution is 9.10. The minimum absolute atomic E-state index is 0.0602. The largest absolute Gasteiger partial charge is 0.457 e. The summed E-state index contributed by atoms with van der Waals surface area (Å²) in [5.41, 5.74) is 5.94. The van der Waals surface area contributed by atoms with E-state index < -0.39 is 0 Å². The van der Waals surface area contributed by atoms with Crippen LogP contribution in [0.1, 0.15) is 135 Å². The maximum Gasteiger partial charge on any atom is 0.266 e. The zero-order valence-electron chi connectivity index (χ0n) is 36.7. The number of carbonyl (C=O) groups excluding carboxylic acids is 2. The maximum absolute atomic E-state index is 15.5. The Labute approximate surface area is 373 Å². The van der Waals surface area contributed by atoms with Crippen molar-refractivity contribution in [3.8, 4) is 23.0 Å². The van der Waals surface area contributed by atoms with Crippen molar-refractivity contribution in [1.29, 1.82) is 0 Å². The second kappa shape index (κ2) is 17.2. The average molecular weight is 885 g/mol. The van der Waals surface area contributed by atoms with E-state index in [0.717, 1.165) is 79.0 Å².